The molecule has 0 amide bonds. The molecule has 0 saturated carbocycles. The van der Waals surface area contributed by atoms with Crippen LogP contribution in [0.25, 0.3) is 32.9 Å². The normalized spacial score (nSPS) is 18.3. The highest BCUT2D eigenvalue weighted by molar-refractivity contribution is 6.02. The summed E-state index contributed by atoms with van der Waals surface area (Å²) in [6.07, 6.45) is 16.6. The smallest absolute Gasteiger partial charge is 0.319 e. The van der Waals surface area contributed by atoms with E-state index in [0.717, 1.165) is 62.6 Å². The van der Waals surface area contributed by atoms with Crippen molar-refractivity contribution >= 4 is 27.5 Å². The summed E-state index contributed by atoms with van der Waals surface area (Å²) >= 11 is 0. The van der Waals surface area contributed by atoms with Crippen LogP contribution in [0.3, 0.4) is 0 Å². The standard InChI is InChI=1S/C35H38FN5O3/c1-3-24-11-8-12-25-19-26(44-23-42-2)20-27(29(24)25)31-30(36)32-28(21-37-31)33(40-15-6-4-5-7-16-40)39-34(38-32)43-22-35-13-9-17-41(35)18-10-14-35/h1,8,11-12,19-21H,4-7,9-10,13-18,22-23H2,2H3. The highest BCUT2D eigenvalue weighted by Gasteiger charge is 2.45. The number of aromatic nitrogens is 3. The van der Waals surface area contributed by atoms with Gasteiger partial charge >= 0.3 is 6.01 Å². The first kappa shape index (κ1) is 28.8. The van der Waals surface area contributed by atoms with Gasteiger partial charge in [-0.15, -0.1) is 6.42 Å². The monoisotopic (exact) mass is 595 g/mol. The maximum Gasteiger partial charge on any atom is 0.319 e. The molecule has 0 atom stereocenters. The minimum Gasteiger partial charge on any atom is -0.468 e. The van der Waals surface area contributed by atoms with Gasteiger partial charge in [0.15, 0.2) is 12.6 Å². The van der Waals surface area contributed by atoms with Crippen molar-refractivity contribution in [2.75, 3.05) is 51.6 Å². The van der Waals surface area contributed by atoms with E-state index in [2.05, 4.69) is 15.7 Å². The first-order valence-electron chi connectivity index (χ1n) is 15.7. The molecule has 3 fully saturated rings. The molecule has 0 aliphatic carbocycles. The van der Waals surface area contributed by atoms with Crippen LogP contribution in [-0.2, 0) is 4.74 Å². The Labute approximate surface area is 257 Å². The van der Waals surface area contributed by atoms with Gasteiger partial charge < -0.3 is 19.1 Å². The molecule has 4 aromatic rings. The molecule has 228 valence electrons. The lowest BCUT2D eigenvalue weighted by Gasteiger charge is -2.31. The molecule has 44 heavy (non-hydrogen) atoms. The summed E-state index contributed by atoms with van der Waals surface area (Å²) in [5, 5.41) is 2.12. The molecule has 5 heterocycles. The Balaban J connectivity index is 1.37. The van der Waals surface area contributed by atoms with Crippen LogP contribution < -0.4 is 14.4 Å². The quantitative estimate of drug-likeness (QED) is 0.173. The van der Waals surface area contributed by atoms with Crippen molar-refractivity contribution in [1.82, 2.24) is 19.9 Å². The van der Waals surface area contributed by atoms with E-state index in [-0.39, 0.29) is 29.6 Å². The average molecular weight is 596 g/mol. The van der Waals surface area contributed by atoms with Crippen LogP contribution in [0, 0.1) is 18.2 Å². The van der Waals surface area contributed by atoms with Crippen LogP contribution in [0.4, 0.5) is 10.2 Å². The maximum atomic E-state index is 16.9. The van der Waals surface area contributed by atoms with Crippen LogP contribution in [0.1, 0.15) is 56.9 Å². The van der Waals surface area contributed by atoms with Gasteiger partial charge in [-0.05, 0) is 75.2 Å². The molecule has 3 saturated heterocycles. The average Bonchev–Trinajstić information content (AvgIpc) is 3.52. The predicted molar refractivity (Wildman–Crippen MR) is 170 cm³/mol. The highest BCUT2D eigenvalue weighted by atomic mass is 19.1. The van der Waals surface area contributed by atoms with Crippen LogP contribution in [0.2, 0.25) is 0 Å². The van der Waals surface area contributed by atoms with Gasteiger partial charge in [0.1, 0.15) is 29.4 Å². The van der Waals surface area contributed by atoms with Crippen molar-refractivity contribution in [2.24, 2.45) is 0 Å². The Hall–Kier alpha value is -4.00. The zero-order chi connectivity index (χ0) is 30.1. The van der Waals surface area contributed by atoms with Crippen LogP contribution >= 0.6 is 0 Å². The van der Waals surface area contributed by atoms with Gasteiger partial charge in [0, 0.05) is 42.9 Å². The van der Waals surface area contributed by atoms with E-state index < -0.39 is 5.82 Å². The number of methoxy groups -OCH3 is 1. The van der Waals surface area contributed by atoms with Gasteiger partial charge in [-0.1, -0.05) is 30.9 Å². The summed E-state index contributed by atoms with van der Waals surface area (Å²) in [6, 6.07) is 9.51. The molecule has 3 aliphatic rings. The van der Waals surface area contributed by atoms with Gasteiger partial charge in [-0.25, -0.2) is 4.39 Å². The van der Waals surface area contributed by atoms with Crippen LogP contribution in [0.5, 0.6) is 11.8 Å². The van der Waals surface area contributed by atoms with Crippen molar-refractivity contribution in [3.05, 3.63) is 47.9 Å². The SMILES string of the molecule is C#Cc1cccc2cc(OCOC)cc(-c3ncc4c(N5CCCCCC5)nc(OCC56CCCN5CCC6)nc4c3F)c12. The second-order valence-electron chi connectivity index (χ2n) is 12.2. The van der Waals surface area contributed by atoms with Gasteiger partial charge in [0.2, 0.25) is 0 Å². The Bertz CT molecular complexity index is 1720. The molecule has 9 heteroatoms. The summed E-state index contributed by atoms with van der Waals surface area (Å²) in [4.78, 5) is 19.1. The number of hydrogen-bond acceptors (Lipinski definition) is 8. The number of fused-ring (bicyclic) bond motifs is 3. The number of halogens is 1. The lowest BCUT2D eigenvalue weighted by Crippen LogP contribution is -2.43. The Morgan fingerprint density at radius 1 is 0.977 bits per heavy atom. The van der Waals surface area contributed by atoms with E-state index in [1.807, 2.05) is 24.3 Å². The molecular formula is C35H38FN5O3. The number of terminal acetylenes is 1. The van der Waals surface area contributed by atoms with Crippen molar-refractivity contribution < 1.29 is 18.6 Å². The predicted octanol–water partition coefficient (Wildman–Crippen LogP) is 6.34. The fraction of sp³-hybridized carbons (Fsp3) is 0.457. The zero-order valence-corrected chi connectivity index (χ0v) is 25.3. The Morgan fingerprint density at radius 3 is 2.52 bits per heavy atom. The number of hydrogen-bond donors (Lipinski definition) is 0. The maximum absolute atomic E-state index is 16.9. The van der Waals surface area contributed by atoms with E-state index in [9.17, 15) is 0 Å². The van der Waals surface area contributed by atoms with Crippen molar-refractivity contribution in [1.29, 1.82) is 0 Å². The number of benzene rings is 2. The van der Waals surface area contributed by atoms with E-state index in [4.69, 9.17) is 35.6 Å². The van der Waals surface area contributed by atoms with Gasteiger partial charge in [-0.3, -0.25) is 9.88 Å². The summed E-state index contributed by atoms with van der Waals surface area (Å²) < 4.78 is 34.2. The second-order valence-corrected chi connectivity index (χ2v) is 12.2. The van der Waals surface area contributed by atoms with Crippen molar-refractivity contribution in [3.8, 4) is 35.4 Å². The topological polar surface area (TPSA) is 72.8 Å². The van der Waals surface area contributed by atoms with E-state index in [0.29, 0.717) is 34.7 Å². The molecule has 2 aromatic carbocycles. The Morgan fingerprint density at radius 2 is 1.77 bits per heavy atom. The first-order chi connectivity index (χ1) is 21.6. The highest BCUT2D eigenvalue weighted by Crippen LogP contribution is 2.41. The molecule has 7 rings (SSSR count). The lowest BCUT2D eigenvalue weighted by atomic mass is 9.95. The molecule has 3 aliphatic heterocycles. The first-order valence-corrected chi connectivity index (χ1v) is 15.7. The lowest BCUT2D eigenvalue weighted by molar-refractivity contribution is 0.0512. The molecule has 0 bridgehead atoms. The Kier molecular flexibility index (Phi) is 7.96. The van der Waals surface area contributed by atoms with E-state index >= 15 is 4.39 Å². The summed E-state index contributed by atoms with van der Waals surface area (Å²) in [5.74, 6) is 3.43. The van der Waals surface area contributed by atoms with Crippen LogP contribution in [-0.4, -0.2) is 72.1 Å². The molecule has 0 spiro atoms. The minimum atomic E-state index is -0.538. The van der Waals surface area contributed by atoms with E-state index in [1.54, 1.807) is 19.4 Å². The van der Waals surface area contributed by atoms with Gasteiger partial charge in [0.05, 0.1) is 10.9 Å². The largest absolute Gasteiger partial charge is 0.468 e. The number of pyridine rings is 1. The molecule has 2 aromatic heterocycles. The zero-order valence-electron chi connectivity index (χ0n) is 25.3. The molecule has 0 N–H and O–H groups in total. The third-order valence-corrected chi connectivity index (χ3v) is 9.53. The summed E-state index contributed by atoms with van der Waals surface area (Å²) in [5.41, 5.74) is 1.55. The second kappa shape index (κ2) is 12.2. The van der Waals surface area contributed by atoms with Crippen molar-refractivity contribution in [2.45, 2.75) is 56.9 Å². The molecule has 8 nitrogen and oxygen atoms in total. The van der Waals surface area contributed by atoms with Crippen LogP contribution in [0.15, 0.2) is 36.5 Å². The molecule has 0 radical (unpaired) electrons. The minimum absolute atomic E-state index is 0.0240. The summed E-state index contributed by atoms with van der Waals surface area (Å²) in [7, 11) is 1.56. The van der Waals surface area contributed by atoms with Gasteiger partial charge in [-0.2, -0.15) is 9.97 Å². The van der Waals surface area contributed by atoms with Gasteiger partial charge in [0.25, 0.3) is 0 Å². The fourth-order valence-electron chi connectivity index (χ4n) is 7.38. The van der Waals surface area contributed by atoms with E-state index in [1.165, 1.54) is 25.7 Å². The number of nitrogens with zero attached hydrogens (tertiary/aromatic N) is 5. The molecular weight excluding hydrogens is 557 g/mol. The van der Waals surface area contributed by atoms with Crippen molar-refractivity contribution in [3.63, 3.8) is 0 Å². The number of rotatable bonds is 8. The third kappa shape index (κ3) is 5.20. The fourth-order valence-corrected chi connectivity index (χ4v) is 7.38. The number of anilines is 1. The number of ether oxygens (including phenoxy) is 3. The molecule has 0 unspecified atom stereocenters. The third-order valence-electron chi connectivity index (χ3n) is 9.53. The summed E-state index contributed by atoms with van der Waals surface area (Å²) in [6.45, 7) is 4.46.